The van der Waals surface area contributed by atoms with Gasteiger partial charge >= 0.3 is 5.97 Å². The summed E-state index contributed by atoms with van der Waals surface area (Å²) in [5, 5.41) is 9.21. The first-order valence-corrected chi connectivity index (χ1v) is 13.0. The van der Waals surface area contributed by atoms with Crippen LogP contribution < -0.4 is 30.3 Å². The number of carbonyl (C=O) groups excluding carboxylic acids is 4. The number of nitrogens with zero attached hydrogens (tertiary/aromatic N) is 1. The molecule has 12 nitrogen and oxygen atoms in total. The number of amides is 3. The van der Waals surface area contributed by atoms with Gasteiger partial charge in [-0.25, -0.2) is 10.2 Å². The van der Waals surface area contributed by atoms with Gasteiger partial charge in [-0.2, -0.15) is 5.10 Å². The van der Waals surface area contributed by atoms with Gasteiger partial charge in [0, 0.05) is 5.69 Å². The van der Waals surface area contributed by atoms with Crippen LogP contribution in [0.5, 0.6) is 17.2 Å². The molecule has 0 saturated heterocycles. The number of hydrogen-bond donors (Lipinski definition) is 3. The predicted molar refractivity (Wildman–Crippen MR) is 156 cm³/mol. The van der Waals surface area contributed by atoms with E-state index in [2.05, 4.69) is 21.2 Å². The standard InChI is InChI=1S/C30H32N4O8/c1-4-40-26-16-20(18-31-34-28(36)17-27(35)33-23-8-6-7-9-24(23)39-3)10-15-25(26)42-19-29(37)32-22-13-11-21(12-14-22)30(38)41-5-2/h6-16,18H,4-5,17,19H2,1-3H3,(H,32,37)(H,33,35)(H,34,36). The fraction of sp³-hybridized carbons (Fsp3) is 0.233. The molecule has 0 radical (unpaired) electrons. The van der Waals surface area contributed by atoms with E-state index < -0.39 is 30.1 Å². The Balaban J connectivity index is 1.51. The highest BCUT2D eigenvalue weighted by atomic mass is 16.5. The molecule has 0 aliphatic heterocycles. The lowest BCUT2D eigenvalue weighted by Crippen LogP contribution is -2.24. The van der Waals surface area contributed by atoms with Crippen molar-refractivity contribution in [3.8, 4) is 17.2 Å². The molecule has 0 unspecified atom stereocenters. The zero-order chi connectivity index (χ0) is 30.3. The van der Waals surface area contributed by atoms with Crippen LogP contribution >= 0.6 is 0 Å². The molecule has 220 valence electrons. The molecule has 0 bridgehead atoms. The minimum absolute atomic E-state index is 0.273. The maximum atomic E-state index is 12.4. The molecule has 3 rings (SSSR count). The highest BCUT2D eigenvalue weighted by molar-refractivity contribution is 6.04. The topological polar surface area (TPSA) is 154 Å². The fourth-order valence-corrected chi connectivity index (χ4v) is 3.54. The maximum Gasteiger partial charge on any atom is 0.338 e. The van der Waals surface area contributed by atoms with Crippen molar-refractivity contribution >= 4 is 41.3 Å². The number of esters is 1. The minimum Gasteiger partial charge on any atom is -0.495 e. The lowest BCUT2D eigenvalue weighted by Gasteiger charge is -2.13. The number of hydrazone groups is 1. The van der Waals surface area contributed by atoms with Crippen LogP contribution in [0.15, 0.2) is 71.8 Å². The molecule has 3 aromatic rings. The molecule has 0 aliphatic rings. The smallest absolute Gasteiger partial charge is 0.338 e. The molecule has 0 atom stereocenters. The predicted octanol–water partition coefficient (Wildman–Crippen LogP) is 3.77. The SMILES string of the molecule is CCOC(=O)c1ccc(NC(=O)COc2ccc(C=NNC(=O)CC(=O)Nc3ccccc3OC)cc2OCC)cc1. The van der Waals surface area contributed by atoms with Gasteiger partial charge in [-0.1, -0.05) is 12.1 Å². The van der Waals surface area contributed by atoms with Crippen LogP contribution in [-0.4, -0.2) is 56.8 Å². The van der Waals surface area contributed by atoms with E-state index in [1.54, 1.807) is 80.6 Å². The second kappa shape index (κ2) is 16.0. The second-order valence-electron chi connectivity index (χ2n) is 8.49. The summed E-state index contributed by atoms with van der Waals surface area (Å²) in [6, 6.07) is 18.1. The summed E-state index contributed by atoms with van der Waals surface area (Å²) in [4.78, 5) is 48.5. The van der Waals surface area contributed by atoms with Crippen molar-refractivity contribution in [1.82, 2.24) is 5.43 Å². The zero-order valence-corrected chi connectivity index (χ0v) is 23.5. The van der Waals surface area contributed by atoms with Gasteiger partial charge < -0.3 is 29.6 Å². The van der Waals surface area contributed by atoms with E-state index in [4.69, 9.17) is 18.9 Å². The van der Waals surface area contributed by atoms with Gasteiger partial charge in [-0.15, -0.1) is 0 Å². The summed E-state index contributed by atoms with van der Waals surface area (Å²) >= 11 is 0. The average Bonchev–Trinajstić information content (AvgIpc) is 2.97. The summed E-state index contributed by atoms with van der Waals surface area (Å²) in [6.07, 6.45) is 0.943. The van der Waals surface area contributed by atoms with E-state index in [1.807, 2.05) is 0 Å². The molecule has 12 heteroatoms. The Morgan fingerprint density at radius 2 is 1.55 bits per heavy atom. The number of carbonyl (C=O) groups is 4. The molecular formula is C30H32N4O8. The summed E-state index contributed by atoms with van der Waals surface area (Å²) < 4.78 is 21.4. The molecule has 3 N–H and O–H groups in total. The molecule has 0 aromatic heterocycles. The molecule has 0 fully saturated rings. The maximum absolute atomic E-state index is 12.4. The molecule has 0 saturated carbocycles. The van der Waals surface area contributed by atoms with Gasteiger partial charge in [0.2, 0.25) is 11.8 Å². The Hall–Kier alpha value is -5.39. The van der Waals surface area contributed by atoms with E-state index in [1.165, 1.54) is 13.3 Å². The Labute approximate surface area is 243 Å². The van der Waals surface area contributed by atoms with Crippen LogP contribution in [0.2, 0.25) is 0 Å². The van der Waals surface area contributed by atoms with Gasteiger partial charge in [0.1, 0.15) is 12.2 Å². The van der Waals surface area contributed by atoms with E-state index in [0.717, 1.165) is 0 Å². The number of anilines is 2. The average molecular weight is 577 g/mol. The minimum atomic E-state index is -0.606. The van der Waals surface area contributed by atoms with Crippen molar-refractivity contribution in [2.75, 3.05) is 37.6 Å². The zero-order valence-electron chi connectivity index (χ0n) is 23.5. The lowest BCUT2D eigenvalue weighted by atomic mass is 10.2. The number of methoxy groups -OCH3 is 1. The third-order valence-corrected chi connectivity index (χ3v) is 5.41. The Bertz CT molecular complexity index is 1420. The number of rotatable bonds is 14. The Morgan fingerprint density at radius 3 is 2.26 bits per heavy atom. The van der Waals surface area contributed by atoms with Gasteiger partial charge in [0.15, 0.2) is 18.1 Å². The highest BCUT2D eigenvalue weighted by Gasteiger charge is 2.13. The first kappa shape index (κ1) is 31.1. The van der Waals surface area contributed by atoms with E-state index in [-0.39, 0.29) is 13.2 Å². The van der Waals surface area contributed by atoms with Crippen LogP contribution in [0.4, 0.5) is 11.4 Å². The summed E-state index contributed by atoms with van der Waals surface area (Å²) in [7, 11) is 1.48. The van der Waals surface area contributed by atoms with Gasteiger partial charge in [0.25, 0.3) is 5.91 Å². The highest BCUT2D eigenvalue weighted by Crippen LogP contribution is 2.28. The molecule has 0 heterocycles. The lowest BCUT2D eigenvalue weighted by molar-refractivity contribution is -0.126. The van der Waals surface area contributed by atoms with E-state index >= 15 is 0 Å². The van der Waals surface area contributed by atoms with E-state index in [9.17, 15) is 19.2 Å². The largest absolute Gasteiger partial charge is 0.495 e. The quantitative estimate of drug-likeness (QED) is 0.113. The van der Waals surface area contributed by atoms with Gasteiger partial charge in [-0.05, 0) is 74.0 Å². The summed E-state index contributed by atoms with van der Waals surface area (Å²) in [6.45, 7) is 3.84. The monoisotopic (exact) mass is 576 g/mol. The number of para-hydroxylation sites is 2. The third-order valence-electron chi connectivity index (χ3n) is 5.41. The van der Waals surface area contributed by atoms with Crippen molar-refractivity contribution in [2.24, 2.45) is 5.10 Å². The van der Waals surface area contributed by atoms with Crippen LogP contribution in [-0.2, 0) is 19.1 Å². The number of ether oxygens (including phenoxy) is 4. The third kappa shape index (κ3) is 9.66. The van der Waals surface area contributed by atoms with Crippen LogP contribution in [0.1, 0.15) is 36.2 Å². The first-order valence-electron chi connectivity index (χ1n) is 13.0. The van der Waals surface area contributed by atoms with Gasteiger partial charge in [-0.3, -0.25) is 14.4 Å². The van der Waals surface area contributed by atoms with Crippen molar-refractivity contribution in [3.63, 3.8) is 0 Å². The number of benzene rings is 3. The second-order valence-corrected chi connectivity index (χ2v) is 8.49. The van der Waals surface area contributed by atoms with E-state index in [0.29, 0.717) is 46.4 Å². The molecule has 3 amide bonds. The van der Waals surface area contributed by atoms with Crippen molar-refractivity contribution < 1.29 is 38.1 Å². The Kier molecular flexibility index (Phi) is 11.9. The Morgan fingerprint density at radius 1 is 0.786 bits per heavy atom. The van der Waals surface area contributed by atoms with Crippen LogP contribution in [0.3, 0.4) is 0 Å². The van der Waals surface area contributed by atoms with Crippen molar-refractivity contribution in [1.29, 1.82) is 0 Å². The fourth-order valence-electron chi connectivity index (χ4n) is 3.54. The molecule has 0 spiro atoms. The van der Waals surface area contributed by atoms with Gasteiger partial charge in [0.05, 0.1) is 37.8 Å². The normalized spacial score (nSPS) is 10.5. The van der Waals surface area contributed by atoms with Crippen molar-refractivity contribution in [3.05, 3.63) is 77.9 Å². The number of hydrogen-bond acceptors (Lipinski definition) is 9. The van der Waals surface area contributed by atoms with Crippen molar-refractivity contribution in [2.45, 2.75) is 20.3 Å². The summed E-state index contributed by atoms with van der Waals surface area (Å²) in [5.74, 6) is -0.802. The molecular weight excluding hydrogens is 544 g/mol. The molecule has 42 heavy (non-hydrogen) atoms. The molecule has 0 aliphatic carbocycles. The van der Waals surface area contributed by atoms with Crippen LogP contribution in [0.25, 0.3) is 0 Å². The molecule has 3 aromatic carbocycles. The number of nitrogens with one attached hydrogen (secondary N) is 3. The van der Waals surface area contributed by atoms with Crippen LogP contribution in [0, 0.1) is 0 Å². The first-order chi connectivity index (χ1) is 20.3. The summed E-state index contributed by atoms with van der Waals surface area (Å²) in [5.41, 5.74) is 4.21.